The smallest absolute Gasteiger partial charge is 0.410 e. The van der Waals surface area contributed by atoms with Gasteiger partial charge in [-0.2, -0.15) is 0 Å². The lowest BCUT2D eigenvalue weighted by Crippen LogP contribution is -2.48. The Kier molecular flexibility index (Phi) is 10.2. The van der Waals surface area contributed by atoms with Crippen LogP contribution in [0.5, 0.6) is 0 Å². The summed E-state index contributed by atoms with van der Waals surface area (Å²) < 4.78 is 55.3. The van der Waals surface area contributed by atoms with Crippen molar-refractivity contribution in [2.24, 2.45) is 10.3 Å². The average molecular weight is 529 g/mol. The lowest BCUT2D eigenvalue weighted by molar-refractivity contribution is 0.0208. The number of hydrogen-bond acceptors (Lipinski definition) is 8. The van der Waals surface area contributed by atoms with Crippen LogP contribution < -0.4 is 10.3 Å². The molecule has 4 N–H and O–H groups in total. The van der Waals surface area contributed by atoms with Crippen LogP contribution in [0.15, 0.2) is 0 Å². The van der Waals surface area contributed by atoms with Crippen LogP contribution in [0.2, 0.25) is 0 Å². The highest BCUT2D eigenvalue weighted by molar-refractivity contribution is 7.90. The van der Waals surface area contributed by atoms with Crippen LogP contribution in [0.3, 0.4) is 0 Å². The molecule has 0 aromatic heterocycles. The van der Waals surface area contributed by atoms with Gasteiger partial charge in [0.25, 0.3) is 0 Å². The minimum atomic E-state index is -3.59. The van der Waals surface area contributed by atoms with Gasteiger partial charge in [0.1, 0.15) is 11.2 Å². The molecule has 2 atom stereocenters. The SMILES string of the molecule is CC(C)(C)OC(=O)N1CCC[C@@H](S(N)(=O)=O)C1.CC(C)(C)OC(=O)N1CCC[C@H](S(N)(=O)=O)C1. The van der Waals surface area contributed by atoms with E-state index in [0.717, 1.165) is 0 Å². The number of rotatable bonds is 2. The fourth-order valence-electron chi connectivity index (χ4n) is 3.40. The Morgan fingerprint density at radius 3 is 1.24 bits per heavy atom. The summed E-state index contributed by atoms with van der Waals surface area (Å²) >= 11 is 0. The molecule has 2 fully saturated rings. The second-order valence-corrected chi connectivity index (χ2v) is 14.2. The van der Waals surface area contributed by atoms with Gasteiger partial charge in [0.2, 0.25) is 20.0 Å². The molecule has 2 aliphatic heterocycles. The Morgan fingerprint density at radius 1 is 0.706 bits per heavy atom. The van der Waals surface area contributed by atoms with E-state index >= 15 is 0 Å². The van der Waals surface area contributed by atoms with Gasteiger partial charge in [0.15, 0.2) is 0 Å². The number of carbonyl (C=O) groups excluding carboxylic acids is 2. The zero-order valence-corrected chi connectivity index (χ0v) is 22.6. The first-order valence-corrected chi connectivity index (χ1v) is 14.4. The number of primary sulfonamides is 2. The topological polar surface area (TPSA) is 179 Å². The molecule has 34 heavy (non-hydrogen) atoms. The third kappa shape index (κ3) is 11.2. The first kappa shape index (κ1) is 30.4. The Balaban J connectivity index is 0.000000340. The largest absolute Gasteiger partial charge is 0.444 e. The number of amides is 2. The van der Waals surface area contributed by atoms with E-state index in [1.807, 2.05) is 0 Å². The van der Waals surface area contributed by atoms with Crippen molar-refractivity contribution in [3.8, 4) is 0 Å². The molecular formula is C20H40N4O8S2. The van der Waals surface area contributed by atoms with Gasteiger partial charge < -0.3 is 19.3 Å². The van der Waals surface area contributed by atoms with Gasteiger partial charge in [-0.1, -0.05) is 0 Å². The number of sulfonamides is 2. The molecule has 0 radical (unpaired) electrons. The van der Waals surface area contributed by atoms with E-state index in [2.05, 4.69) is 0 Å². The summed E-state index contributed by atoms with van der Waals surface area (Å²) in [4.78, 5) is 26.3. The van der Waals surface area contributed by atoms with E-state index in [0.29, 0.717) is 38.8 Å². The predicted molar refractivity (Wildman–Crippen MR) is 128 cm³/mol. The summed E-state index contributed by atoms with van der Waals surface area (Å²) in [5, 5.41) is 8.83. The van der Waals surface area contributed by atoms with Crippen LogP contribution in [0.25, 0.3) is 0 Å². The van der Waals surface area contributed by atoms with Gasteiger partial charge in [-0.25, -0.2) is 36.7 Å². The van der Waals surface area contributed by atoms with Crippen LogP contribution in [-0.4, -0.2) is 86.7 Å². The van der Waals surface area contributed by atoms with Crippen LogP contribution in [0.4, 0.5) is 9.59 Å². The molecule has 0 aromatic rings. The van der Waals surface area contributed by atoms with Crippen LogP contribution >= 0.6 is 0 Å². The zero-order valence-electron chi connectivity index (χ0n) is 20.9. The normalized spacial score (nSPS) is 22.4. The van der Waals surface area contributed by atoms with E-state index in [1.54, 1.807) is 41.5 Å². The Hall–Kier alpha value is -1.64. The van der Waals surface area contributed by atoms with Crippen molar-refractivity contribution in [1.82, 2.24) is 9.80 Å². The molecule has 0 spiro atoms. The predicted octanol–water partition coefficient (Wildman–Crippen LogP) is 1.35. The van der Waals surface area contributed by atoms with Crippen molar-refractivity contribution in [1.29, 1.82) is 0 Å². The van der Waals surface area contributed by atoms with Gasteiger partial charge in [-0.15, -0.1) is 0 Å². The Morgan fingerprint density at radius 2 is 1.00 bits per heavy atom. The highest BCUT2D eigenvalue weighted by Crippen LogP contribution is 2.19. The minimum absolute atomic E-state index is 0.119. The molecule has 200 valence electrons. The first-order chi connectivity index (χ1) is 15.2. The van der Waals surface area contributed by atoms with Crippen molar-refractivity contribution in [3.63, 3.8) is 0 Å². The fraction of sp³-hybridized carbons (Fsp3) is 0.900. The maximum Gasteiger partial charge on any atom is 0.410 e. The van der Waals surface area contributed by atoms with Gasteiger partial charge >= 0.3 is 12.2 Å². The fourth-order valence-corrected chi connectivity index (χ4v) is 5.16. The Labute approximate surface area is 203 Å². The van der Waals surface area contributed by atoms with Gasteiger partial charge in [-0.3, -0.25) is 0 Å². The van der Waals surface area contributed by atoms with E-state index in [1.165, 1.54) is 9.80 Å². The average Bonchev–Trinajstić information content (AvgIpc) is 2.65. The van der Waals surface area contributed by atoms with E-state index in [-0.39, 0.29) is 13.1 Å². The number of nitrogens with two attached hydrogens (primary N) is 2. The third-order valence-corrected chi connectivity index (χ3v) is 7.62. The van der Waals surface area contributed by atoms with E-state index < -0.39 is 53.9 Å². The van der Waals surface area contributed by atoms with Crippen LogP contribution in [0.1, 0.15) is 67.2 Å². The van der Waals surface area contributed by atoms with E-state index in [4.69, 9.17) is 19.8 Å². The number of likely N-dealkylation sites (tertiary alicyclic amines) is 2. The first-order valence-electron chi connectivity index (χ1n) is 11.2. The number of ether oxygens (including phenoxy) is 2. The molecule has 2 amide bonds. The highest BCUT2D eigenvalue weighted by Gasteiger charge is 2.33. The number of hydrogen-bond donors (Lipinski definition) is 2. The summed E-state index contributed by atoms with van der Waals surface area (Å²) in [5.41, 5.74) is -1.16. The van der Waals surface area contributed by atoms with Gasteiger partial charge in [0.05, 0.1) is 10.5 Å². The molecule has 2 heterocycles. The van der Waals surface area contributed by atoms with Crippen molar-refractivity contribution < 1.29 is 35.9 Å². The second kappa shape index (κ2) is 11.4. The summed E-state index contributed by atoms with van der Waals surface area (Å²) in [6.07, 6.45) is 1.29. The summed E-state index contributed by atoms with van der Waals surface area (Å²) in [6, 6.07) is 0. The molecule has 2 saturated heterocycles. The van der Waals surface area contributed by atoms with Crippen LogP contribution in [0, 0.1) is 0 Å². The highest BCUT2D eigenvalue weighted by atomic mass is 32.2. The Bertz CT molecular complexity index is 847. The maximum atomic E-state index is 11.8. The maximum absolute atomic E-state index is 11.8. The summed E-state index contributed by atoms with van der Waals surface area (Å²) in [7, 11) is -7.17. The molecule has 12 nitrogen and oxygen atoms in total. The number of piperidine rings is 2. The summed E-state index contributed by atoms with van der Waals surface area (Å²) in [5.74, 6) is 0. The molecule has 2 rings (SSSR count). The molecule has 0 saturated carbocycles. The lowest BCUT2D eigenvalue weighted by atomic mass is 10.1. The molecule has 14 heteroatoms. The van der Waals surface area contributed by atoms with Crippen molar-refractivity contribution in [2.75, 3.05) is 26.2 Å². The molecular weight excluding hydrogens is 488 g/mol. The molecule has 0 bridgehead atoms. The lowest BCUT2D eigenvalue weighted by Gasteiger charge is -2.33. The molecule has 0 aromatic carbocycles. The standard InChI is InChI=1S/2C10H20N2O4S/c2*1-10(2,3)16-9(13)12-6-4-5-8(7-12)17(11,14)15/h2*8H,4-7H2,1-3H3,(H2,11,14,15)/t2*8-/m10/s1. The van der Waals surface area contributed by atoms with Gasteiger partial charge in [-0.05, 0) is 67.2 Å². The third-order valence-electron chi connectivity index (χ3n) is 4.99. The number of nitrogens with zero attached hydrogens (tertiary/aromatic N) is 2. The monoisotopic (exact) mass is 528 g/mol. The molecule has 0 unspecified atom stereocenters. The van der Waals surface area contributed by atoms with Gasteiger partial charge in [0, 0.05) is 26.2 Å². The van der Waals surface area contributed by atoms with Crippen molar-refractivity contribution >= 4 is 32.2 Å². The van der Waals surface area contributed by atoms with Crippen molar-refractivity contribution in [3.05, 3.63) is 0 Å². The van der Waals surface area contributed by atoms with Crippen molar-refractivity contribution in [2.45, 2.75) is 88.9 Å². The quantitative estimate of drug-likeness (QED) is 0.539. The molecule has 0 aliphatic carbocycles. The van der Waals surface area contributed by atoms with Crippen LogP contribution in [-0.2, 0) is 29.5 Å². The molecule has 2 aliphatic rings. The van der Waals surface area contributed by atoms with E-state index in [9.17, 15) is 26.4 Å². The second-order valence-electron chi connectivity index (χ2n) is 10.6. The summed E-state index contributed by atoms with van der Waals surface area (Å²) in [6.45, 7) is 11.9. The number of carbonyl (C=O) groups is 2. The zero-order chi connectivity index (χ0) is 26.5. The minimum Gasteiger partial charge on any atom is -0.444 e.